The van der Waals surface area contributed by atoms with Crippen LogP contribution >= 0.6 is 0 Å². The van der Waals surface area contributed by atoms with Crippen LogP contribution in [0.25, 0.3) is 0 Å². The first kappa shape index (κ1) is 20.1. The normalized spacial score (nSPS) is 12.7. The summed E-state index contributed by atoms with van der Waals surface area (Å²) < 4.78 is 41.6. The van der Waals surface area contributed by atoms with E-state index in [2.05, 4.69) is 9.89 Å². The van der Waals surface area contributed by atoms with E-state index in [9.17, 15) is 28.6 Å². The maximum absolute atomic E-state index is 12.5. The Hall–Kier alpha value is -3.17. The minimum atomic E-state index is -4.96. The standard InChI is InChI=1S/C17H17F3N2O5/c1-16(2,3)27-21-14(15-13(24)5-4-8-22(15)25)11-9-10(6-7-12(11)23)26-17(18,19)20/h4-9,23-24H,1-3H3. The van der Waals surface area contributed by atoms with Crippen LogP contribution in [0, 0.1) is 5.21 Å². The molecule has 1 aromatic carbocycles. The Morgan fingerprint density at radius 3 is 2.33 bits per heavy atom. The van der Waals surface area contributed by atoms with E-state index in [4.69, 9.17) is 4.84 Å². The lowest BCUT2D eigenvalue weighted by molar-refractivity contribution is -0.607. The number of nitrogens with zero attached hydrogens (tertiary/aromatic N) is 2. The summed E-state index contributed by atoms with van der Waals surface area (Å²) in [5.41, 5.74) is -1.91. The first-order chi connectivity index (χ1) is 12.4. The van der Waals surface area contributed by atoms with E-state index >= 15 is 0 Å². The molecule has 0 atom stereocenters. The van der Waals surface area contributed by atoms with Gasteiger partial charge in [0.15, 0.2) is 17.7 Å². The van der Waals surface area contributed by atoms with Crippen molar-refractivity contribution in [3.05, 3.63) is 53.0 Å². The third-order valence-electron chi connectivity index (χ3n) is 3.03. The topological polar surface area (TPSA) is 98.2 Å². The molecule has 0 radical (unpaired) electrons. The van der Waals surface area contributed by atoms with Gasteiger partial charge >= 0.3 is 6.36 Å². The highest BCUT2D eigenvalue weighted by molar-refractivity contribution is 6.13. The van der Waals surface area contributed by atoms with Gasteiger partial charge in [0.1, 0.15) is 17.1 Å². The molecule has 0 spiro atoms. The molecule has 10 heteroatoms. The molecule has 0 aliphatic rings. The summed E-state index contributed by atoms with van der Waals surface area (Å²) in [7, 11) is 0. The highest BCUT2D eigenvalue weighted by atomic mass is 19.4. The molecule has 1 heterocycles. The van der Waals surface area contributed by atoms with E-state index in [1.165, 1.54) is 12.1 Å². The zero-order valence-electron chi connectivity index (χ0n) is 14.6. The number of ether oxygens (including phenoxy) is 1. The van der Waals surface area contributed by atoms with Gasteiger partial charge in [0, 0.05) is 6.07 Å². The molecule has 27 heavy (non-hydrogen) atoms. The Balaban J connectivity index is 2.66. The Kier molecular flexibility index (Phi) is 5.38. The highest BCUT2D eigenvalue weighted by Crippen LogP contribution is 2.31. The molecule has 2 rings (SSSR count). The van der Waals surface area contributed by atoms with E-state index < -0.39 is 34.9 Å². The Morgan fingerprint density at radius 1 is 1.11 bits per heavy atom. The van der Waals surface area contributed by atoms with Gasteiger partial charge in [-0.3, -0.25) is 0 Å². The Bertz CT molecular complexity index is 840. The summed E-state index contributed by atoms with van der Waals surface area (Å²) in [5.74, 6) is -1.65. The Labute approximate surface area is 152 Å². The number of hydrogen-bond donors (Lipinski definition) is 2. The summed E-state index contributed by atoms with van der Waals surface area (Å²) in [4.78, 5) is 5.26. The summed E-state index contributed by atoms with van der Waals surface area (Å²) in [6.07, 6.45) is -3.91. The van der Waals surface area contributed by atoms with Crippen molar-refractivity contribution in [1.29, 1.82) is 0 Å². The molecule has 1 aromatic heterocycles. The van der Waals surface area contributed by atoms with Crippen molar-refractivity contribution in [2.45, 2.75) is 32.7 Å². The van der Waals surface area contributed by atoms with E-state index in [1.807, 2.05) is 0 Å². The number of phenols is 1. The molecule has 0 unspecified atom stereocenters. The molecule has 0 amide bonds. The van der Waals surface area contributed by atoms with Gasteiger partial charge in [-0.05, 0) is 45.0 Å². The molecular formula is C17H17F3N2O5. The fourth-order valence-corrected chi connectivity index (χ4v) is 2.01. The van der Waals surface area contributed by atoms with Crippen LogP contribution in [0.2, 0.25) is 0 Å². The number of aromatic hydroxyl groups is 2. The van der Waals surface area contributed by atoms with Gasteiger partial charge in [0.25, 0.3) is 5.69 Å². The van der Waals surface area contributed by atoms with Crippen LogP contribution in [-0.4, -0.2) is 27.9 Å². The zero-order valence-corrected chi connectivity index (χ0v) is 14.6. The van der Waals surface area contributed by atoms with Crippen molar-refractivity contribution in [3.8, 4) is 17.2 Å². The average Bonchev–Trinajstić information content (AvgIpc) is 2.50. The smallest absolute Gasteiger partial charge is 0.573 e. The number of oxime groups is 1. The lowest BCUT2D eigenvalue weighted by atomic mass is 10.0. The van der Waals surface area contributed by atoms with Crippen LogP contribution in [0.5, 0.6) is 17.2 Å². The molecule has 2 aromatic rings. The number of halogens is 3. The molecule has 7 nitrogen and oxygen atoms in total. The molecular weight excluding hydrogens is 369 g/mol. The van der Waals surface area contributed by atoms with Crippen molar-refractivity contribution in [1.82, 2.24) is 0 Å². The van der Waals surface area contributed by atoms with E-state index in [1.54, 1.807) is 20.8 Å². The first-order valence-electron chi connectivity index (χ1n) is 7.64. The zero-order chi connectivity index (χ0) is 20.4. The second-order valence-electron chi connectivity index (χ2n) is 6.44. The fourth-order valence-electron chi connectivity index (χ4n) is 2.01. The van der Waals surface area contributed by atoms with Crippen molar-refractivity contribution >= 4 is 5.71 Å². The quantitative estimate of drug-likeness (QED) is 0.364. The SMILES string of the molecule is CC(C)(C)ON=C(c1cc(OC(F)(F)F)ccc1O)c1c(O)ccc[n+]1[O-]. The summed E-state index contributed by atoms with van der Waals surface area (Å²) in [5, 5.41) is 36.1. The van der Waals surface area contributed by atoms with Crippen LogP contribution in [0.4, 0.5) is 13.2 Å². The maximum Gasteiger partial charge on any atom is 0.573 e. The van der Waals surface area contributed by atoms with Crippen molar-refractivity contribution in [2.75, 3.05) is 0 Å². The molecule has 0 bridgehead atoms. The third kappa shape index (κ3) is 5.40. The van der Waals surface area contributed by atoms with Crippen LogP contribution in [0.15, 0.2) is 41.7 Å². The first-order valence-corrected chi connectivity index (χ1v) is 7.64. The molecule has 146 valence electrons. The summed E-state index contributed by atoms with van der Waals surface area (Å²) in [6, 6.07) is 5.11. The van der Waals surface area contributed by atoms with Gasteiger partial charge in [0.2, 0.25) is 0 Å². The van der Waals surface area contributed by atoms with Crippen LogP contribution < -0.4 is 9.47 Å². The third-order valence-corrected chi connectivity index (χ3v) is 3.03. The molecule has 0 aliphatic heterocycles. The van der Waals surface area contributed by atoms with E-state index in [0.717, 1.165) is 24.4 Å². The molecule has 0 saturated heterocycles. The number of phenolic OH excluding ortho intramolecular Hbond substituents is 1. The lowest BCUT2D eigenvalue weighted by Crippen LogP contribution is -2.35. The number of hydrogen-bond acceptors (Lipinski definition) is 6. The number of aromatic nitrogens is 1. The number of rotatable bonds is 4. The van der Waals surface area contributed by atoms with Crippen LogP contribution in [0.1, 0.15) is 32.0 Å². The monoisotopic (exact) mass is 386 g/mol. The van der Waals surface area contributed by atoms with E-state index in [-0.39, 0.29) is 16.0 Å². The van der Waals surface area contributed by atoms with Gasteiger partial charge in [-0.15, -0.1) is 13.2 Å². The number of pyridine rings is 1. The minimum Gasteiger partial charge on any atom is -0.618 e. The fraction of sp³-hybridized carbons (Fsp3) is 0.294. The van der Waals surface area contributed by atoms with Gasteiger partial charge in [-0.2, -0.15) is 4.73 Å². The number of benzene rings is 1. The Morgan fingerprint density at radius 2 is 1.78 bits per heavy atom. The second-order valence-corrected chi connectivity index (χ2v) is 6.44. The highest BCUT2D eigenvalue weighted by Gasteiger charge is 2.32. The second kappa shape index (κ2) is 7.22. The largest absolute Gasteiger partial charge is 0.618 e. The van der Waals surface area contributed by atoms with E-state index in [0.29, 0.717) is 0 Å². The molecule has 0 aliphatic carbocycles. The number of alkyl halides is 3. The maximum atomic E-state index is 12.5. The predicted octanol–water partition coefficient (Wildman–Crippen LogP) is 3.20. The average molecular weight is 386 g/mol. The van der Waals surface area contributed by atoms with Crippen molar-refractivity contribution in [2.24, 2.45) is 5.16 Å². The summed E-state index contributed by atoms with van der Waals surface area (Å²) in [6.45, 7) is 4.94. The molecule has 0 saturated carbocycles. The minimum absolute atomic E-state index is 0.247. The predicted molar refractivity (Wildman–Crippen MR) is 88.3 cm³/mol. The van der Waals surface area contributed by atoms with Crippen LogP contribution in [-0.2, 0) is 4.84 Å². The van der Waals surface area contributed by atoms with Crippen molar-refractivity contribution in [3.63, 3.8) is 0 Å². The van der Waals surface area contributed by atoms with Gasteiger partial charge < -0.3 is 25.0 Å². The van der Waals surface area contributed by atoms with Gasteiger partial charge in [-0.1, -0.05) is 5.16 Å². The van der Waals surface area contributed by atoms with Gasteiger partial charge in [0.05, 0.1) is 5.56 Å². The molecule has 0 fully saturated rings. The van der Waals surface area contributed by atoms with Crippen molar-refractivity contribution < 1.29 is 37.7 Å². The molecule has 2 N–H and O–H groups in total. The van der Waals surface area contributed by atoms with Crippen LogP contribution in [0.3, 0.4) is 0 Å². The van der Waals surface area contributed by atoms with Gasteiger partial charge in [-0.25, -0.2) is 0 Å². The lowest BCUT2D eigenvalue weighted by Gasteiger charge is -2.18. The summed E-state index contributed by atoms with van der Waals surface area (Å²) >= 11 is 0.